The molecule has 1 heterocycles. The number of piperidine rings is 1. The van der Waals surface area contributed by atoms with Crippen molar-refractivity contribution in [2.75, 3.05) is 26.2 Å². The van der Waals surface area contributed by atoms with Crippen molar-refractivity contribution in [3.63, 3.8) is 0 Å². The predicted molar refractivity (Wildman–Crippen MR) is 51.5 cm³/mol. The molecule has 0 aromatic rings. The van der Waals surface area contributed by atoms with Gasteiger partial charge in [0.2, 0.25) is 0 Å². The number of nitrogens with zero attached hydrogens (tertiary/aromatic N) is 1. The van der Waals surface area contributed by atoms with Crippen LogP contribution in [-0.2, 0) is 0 Å². The van der Waals surface area contributed by atoms with Gasteiger partial charge < -0.3 is 10.0 Å². The first-order valence-electron chi connectivity index (χ1n) is 5.44. The van der Waals surface area contributed by atoms with Crippen molar-refractivity contribution in [2.45, 2.75) is 31.9 Å². The van der Waals surface area contributed by atoms with Gasteiger partial charge in [-0.2, -0.15) is 13.2 Å². The van der Waals surface area contributed by atoms with Crippen molar-refractivity contribution in [1.82, 2.24) is 4.90 Å². The van der Waals surface area contributed by atoms with E-state index in [2.05, 4.69) is 0 Å². The Kier molecular flexibility index (Phi) is 4.86. The highest BCUT2D eigenvalue weighted by Crippen LogP contribution is 2.33. The third-order valence-electron chi connectivity index (χ3n) is 2.85. The summed E-state index contributed by atoms with van der Waals surface area (Å²) >= 11 is 0. The predicted octanol–water partition coefficient (Wildman–Crippen LogP) is 2.03. The minimum atomic E-state index is -4.05. The summed E-state index contributed by atoms with van der Waals surface area (Å²) in [5.74, 6) is -1.15. The zero-order valence-corrected chi connectivity index (χ0v) is 8.76. The molecule has 15 heavy (non-hydrogen) atoms. The standard InChI is InChI=1S/C10H18F3NO/c11-10(12,13)9-4-3-6-14(8-9)5-1-2-7-15/h9,15H,1-8H2. The average Bonchev–Trinajstić information content (AvgIpc) is 2.17. The van der Waals surface area contributed by atoms with Gasteiger partial charge in [-0.05, 0) is 38.8 Å². The third-order valence-corrected chi connectivity index (χ3v) is 2.85. The molecule has 2 nitrogen and oxygen atoms in total. The Morgan fingerprint density at radius 3 is 2.60 bits per heavy atom. The number of hydrogen-bond donors (Lipinski definition) is 1. The molecule has 1 aliphatic rings. The fraction of sp³-hybridized carbons (Fsp3) is 1.00. The molecule has 1 atom stereocenters. The maximum Gasteiger partial charge on any atom is 0.393 e. The van der Waals surface area contributed by atoms with Gasteiger partial charge in [-0.15, -0.1) is 0 Å². The highest BCUT2D eigenvalue weighted by atomic mass is 19.4. The number of likely N-dealkylation sites (tertiary alicyclic amines) is 1. The van der Waals surface area contributed by atoms with Crippen LogP contribution < -0.4 is 0 Å². The van der Waals surface area contributed by atoms with E-state index in [4.69, 9.17) is 5.11 Å². The van der Waals surface area contributed by atoms with E-state index in [0.29, 0.717) is 19.4 Å². The van der Waals surface area contributed by atoms with E-state index in [9.17, 15) is 13.2 Å². The van der Waals surface area contributed by atoms with Crippen LogP contribution in [0, 0.1) is 5.92 Å². The van der Waals surface area contributed by atoms with Gasteiger partial charge in [-0.1, -0.05) is 0 Å². The maximum atomic E-state index is 12.4. The molecule has 0 aromatic heterocycles. The molecule has 1 N–H and O–H groups in total. The fourth-order valence-electron chi connectivity index (χ4n) is 1.97. The molecule has 1 saturated heterocycles. The number of aliphatic hydroxyl groups excluding tert-OH is 1. The number of hydrogen-bond acceptors (Lipinski definition) is 2. The lowest BCUT2D eigenvalue weighted by molar-refractivity contribution is -0.186. The quantitative estimate of drug-likeness (QED) is 0.740. The Labute approximate surface area is 88.1 Å². The number of unbranched alkanes of at least 4 members (excludes halogenated alkanes) is 1. The summed E-state index contributed by atoms with van der Waals surface area (Å²) in [5.41, 5.74) is 0. The van der Waals surface area contributed by atoms with E-state index in [1.165, 1.54) is 0 Å². The first kappa shape index (κ1) is 12.8. The van der Waals surface area contributed by atoms with E-state index >= 15 is 0 Å². The molecule has 1 fully saturated rings. The van der Waals surface area contributed by atoms with Crippen LogP contribution in [0.15, 0.2) is 0 Å². The SMILES string of the molecule is OCCCCN1CCCC(C(F)(F)F)C1. The van der Waals surface area contributed by atoms with Gasteiger partial charge >= 0.3 is 6.18 Å². The first-order chi connectivity index (χ1) is 7.04. The Balaban J connectivity index is 2.29. The third kappa shape index (κ3) is 4.38. The topological polar surface area (TPSA) is 23.5 Å². The second-order valence-corrected chi connectivity index (χ2v) is 4.11. The van der Waals surface area contributed by atoms with Gasteiger partial charge in [-0.3, -0.25) is 0 Å². The largest absolute Gasteiger partial charge is 0.396 e. The van der Waals surface area contributed by atoms with Crippen molar-refractivity contribution in [2.24, 2.45) is 5.92 Å². The molecular weight excluding hydrogens is 207 g/mol. The van der Waals surface area contributed by atoms with Gasteiger partial charge in [0.15, 0.2) is 0 Å². The average molecular weight is 225 g/mol. The van der Waals surface area contributed by atoms with Gasteiger partial charge in [-0.25, -0.2) is 0 Å². The van der Waals surface area contributed by atoms with Crippen LogP contribution in [0.1, 0.15) is 25.7 Å². The lowest BCUT2D eigenvalue weighted by Crippen LogP contribution is -2.42. The van der Waals surface area contributed by atoms with Crippen molar-refractivity contribution < 1.29 is 18.3 Å². The molecule has 0 spiro atoms. The minimum absolute atomic E-state index is 0.122. The molecule has 0 aromatic carbocycles. The Hall–Kier alpha value is -0.290. The van der Waals surface area contributed by atoms with Crippen molar-refractivity contribution in [3.05, 3.63) is 0 Å². The van der Waals surface area contributed by atoms with Crippen molar-refractivity contribution in [3.8, 4) is 0 Å². The number of halogens is 3. The van der Waals surface area contributed by atoms with E-state index in [1.807, 2.05) is 4.90 Å². The van der Waals surface area contributed by atoms with Crippen molar-refractivity contribution in [1.29, 1.82) is 0 Å². The zero-order valence-electron chi connectivity index (χ0n) is 8.76. The van der Waals surface area contributed by atoms with Gasteiger partial charge in [0.05, 0.1) is 5.92 Å². The molecule has 1 unspecified atom stereocenters. The molecule has 0 bridgehead atoms. The molecule has 1 aliphatic heterocycles. The Bertz CT molecular complexity index is 184. The Morgan fingerprint density at radius 2 is 2.00 bits per heavy atom. The highest BCUT2D eigenvalue weighted by molar-refractivity contribution is 4.77. The normalized spacial score (nSPS) is 24.4. The summed E-state index contributed by atoms with van der Waals surface area (Å²) in [5, 5.41) is 8.58. The molecule has 1 rings (SSSR count). The lowest BCUT2D eigenvalue weighted by atomic mass is 9.97. The summed E-state index contributed by atoms with van der Waals surface area (Å²) in [6.07, 6.45) is -1.70. The second-order valence-electron chi connectivity index (χ2n) is 4.11. The fourth-order valence-corrected chi connectivity index (χ4v) is 1.97. The molecule has 0 radical (unpaired) electrons. The number of alkyl halides is 3. The van der Waals surface area contributed by atoms with E-state index in [1.54, 1.807) is 0 Å². The van der Waals surface area contributed by atoms with Crippen LogP contribution in [-0.4, -0.2) is 42.4 Å². The molecule has 5 heteroatoms. The van der Waals surface area contributed by atoms with E-state index in [-0.39, 0.29) is 19.6 Å². The van der Waals surface area contributed by atoms with Crippen LogP contribution in [0.25, 0.3) is 0 Å². The van der Waals surface area contributed by atoms with Crippen molar-refractivity contribution >= 4 is 0 Å². The highest BCUT2D eigenvalue weighted by Gasteiger charge is 2.41. The van der Waals surface area contributed by atoms with Crippen LogP contribution in [0.3, 0.4) is 0 Å². The lowest BCUT2D eigenvalue weighted by Gasteiger charge is -2.33. The van der Waals surface area contributed by atoms with Crippen LogP contribution in [0.2, 0.25) is 0 Å². The summed E-state index contributed by atoms with van der Waals surface area (Å²) < 4.78 is 37.3. The smallest absolute Gasteiger partial charge is 0.393 e. The summed E-state index contributed by atoms with van der Waals surface area (Å²) in [6, 6.07) is 0. The zero-order chi connectivity index (χ0) is 11.3. The van der Waals surface area contributed by atoms with E-state index < -0.39 is 12.1 Å². The number of aliphatic hydroxyl groups is 1. The van der Waals surface area contributed by atoms with Crippen LogP contribution in [0.5, 0.6) is 0 Å². The summed E-state index contributed by atoms with van der Waals surface area (Å²) in [6.45, 7) is 1.69. The molecular formula is C10H18F3NO. The second kappa shape index (κ2) is 5.70. The summed E-state index contributed by atoms with van der Waals surface area (Å²) in [7, 11) is 0. The molecule has 90 valence electrons. The molecule has 0 saturated carbocycles. The Morgan fingerprint density at radius 1 is 1.27 bits per heavy atom. The van der Waals surface area contributed by atoms with Crippen LogP contribution >= 0.6 is 0 Å². The maximum absolute atomic E-state index is 12.4. The minimum Gasteiger partial charge on any atom is -0.396 e. The monoisotopic (exact) mass is 225 g/mol. The summed E-state index contributed by atoms with van der Waals surface area (Å²) in [4.78, 5) is 1.86. The van der Waals surface area contributed by atoms with Crippen LogP contribution in [0.4, 0.5) is 13.2 Å². The molecule has 0 amide bonds. The number of rotatable bonds is 4. The van der Waals surface area contributed by atoms with Gasteiger partial charge in [0.1, 0.15) is 0 Å². The molecule has 0 aliphatic carbocycles. The first-order valence-corrected chi connectivity index (χ1v) is 5.44. The van der Waals surface area contributed by atoms with Gasteiger partial charge in [0, 0.05) is 13.2 Å². The van der Waals surface area contributed by atoms with E-state index in [0.717, 1.165) is 13.0 Å². The van der Waals surface area contributed by atoms with Gasteiger partial charge in [0.25, 0.3) is 0 Å².